The summed E-state index contributed by atoms with van der Waals surface area (Å²) in [5.74, 6) is 2.41. The van der Waals surface area contributed by atoms with Crippen LogP contribution in [0.2, 0.25) is 0 Å². The van der Waals surface area contributed by atoms with Gasteiger partial charge in [-0.05, 0) is 32.4 Å². The first-order chi connectivity index (χ1) is 13.0. The van der Waals surface area contributed by atoms with E-state index < -0.39 is 0 Å². The quantitative estimate of drug-likeness (QED) is 0.818. The largest absolute Gasteiger partial charge is 0.465 e. The molecule has 27 heavy (non-hydrogen) atoms. The van der Waals surface area contributed by atoms with Gasteiger partial charge in [0, 0.05) is 31.8 Å². The maximum atomic E-state index is 12.9. The van der Waals surface area contributed by atoms with E-state index in [0.29, 0.717) is 31.9 Å². The zero-order valence-corrected chi connectivity index (χ0v) is 16.7. The van der Waals surface area contributed by atoms with Crippen molar-refractivity contribution in [1.29, 1.82) is 0 Å². The van der Waals surface area contributed by atoms with Crippen LogP contribution >= 0.6 is 11.8 Å². The Balaban J connectivity index is 1.44. The minimum Gasteiger partial charge on any atom is -0.465 e. The molecule has 1 N–H and O–H groups in total. The normalized spacial score (nSPS) is 29.8. The highest BCUT2D eigenvalue weighted by Gasteiger charge is 2.52. The van der Waals surface area contributed by atoms with E-state index in [9.17, 15) is 9.59 Å². The summed E-state index contributed by atoms with van der Waals surface area (Å²) < 4.78 is 11.3. The van der Waals surface area contributed by atoms with Crippen LogP contribution in [0, 0.1) is 6.92 Å². The maximum Gasteiger partial charge on any atom is 0.243 e. The standard InChI is InChI=1S/C19H27N3O4S/c1-13-3-4-16(26-13)14(21-7-9-25-10-8-21)11-20-18(24)15-12-27-19(2)6-5-17(23)22(15)19/h3-4,14-15H,5-12H2,1-2H3,(H,20,24). The lowest BCUT2D eigenvalue weighted by Gasteiger charge is -2.34. The summed E-state index contributed by atoms with van der Waals surface area (Å²) in [7, 11) is 0. The summed E-state index contributed by atoms with van der Waals surface area (Å²) in [6, 6.07) is 3.53. The Hall–Kier alpha value is -1.51. The number of amides is 2. The highest BCUT2D eigenvalue weighted by Crippen LogP contribution is 2.47. The zero-order valence-electron chi connectivity index (χ0n) is 15.9. The predicted molar refractivity (Wildman–Crippen MR) is 102 cm³/mol. The molecule has 3 fully saturated rings. The average Bonchev–Trinajstić information content (AvgIpc) is 3.32. The lowest BCUT2D eigenvalue weighted by Crippen LogP contribution is -2.51. The van der Waals surface area contributed by atoms with E-state index in [4.69, 9.17) is 9.15 Å². The number of furan rings is 1. The Labute approximate surface area is 163 Å². The van der Waals surface area contributed by atoms with E-state index in [1.54, 1.807) is 16.7 Å². The molecule has 7 nitrogen and oxygen atoms in total. The minimum absolute atomic E-state index is 0.0266. The molecule has 2 amide bonds. The maximum absolute atomic E-state index is 12.9. The highest BCUT2D eigenvalue weighted by atomic mass is 32.2. The van der Waals surface area contributed by atoms with Crippen molar-refractivity contribution in [1.82, 2.24) is 15.1 Å². The smallest absolute Gasteiger partial charge is 0.243 e. The van der Waals surface area contributed by atoms with Gasteiger partial charge in [0.15, 0.2) is 0 Å². The number of morpholine rings is 1. The molecule has 148 valence electrons. The minimum atomic E-state index is -0.376. The fraction of sp³-hybridized carbons (Fsp3) is 0.684. The molecule has 3 unspecified atom stereocenters. The Kier molecular flexibility index (Phi) is 5.22. The third-order valence-corrected chi connectivity index (χ3v) is 7.30. The fourth-order valence-electron chi connectivity index (χ4n) is 4.26. The van der Waals surface area contributed by atoms with Gasteiger partial charge in [0.1, 0.15) is 17.6 Å². The number of carbonyl (C=O) groups is 2. The topological polar surface area (TPSA) is 75.0 Å². The zero-order chi connectivity index (χ0) is 19.0. The Bertz CT molecular complexity index is 718. The summed E-state index contributed by atoms with van der Waals surface area (Å²) in [4.78, 5) is 29.1. The highest BCUT2D eigenvalue weighted by molar-refractivity contribution is 8.01. The van der Waals surface area contributed by atoms with Crippen LogP contribution in [-0.4, -0.2) is 71.1 Å². The molecule has 1 aromatic heterocycles. The molecule has 3 aliphatic heterocycles. The first-order valence-corrected chi connectivity index (χ1v) is 10.6. The SMILES string of the molecule is Cc1ccc(C(CNC(=O)C2CSC3(C)CCC(=O)N23)N2CCOCC2)o1. The molecule has 0 radical (unpaired) electrons. The van der Waals surface area contributed by atoms with Crippen molar-refractivity contribution in [2.45, 2.75) is 43.6 Å². The Morgan fingerprint density at radius 2 is 2.19 bits per heavy atom. The number of hydrogen-bond donors (Lipinski definition) is 1. The van der Waals surface area contributed by atoms with E-state index in [1.807, 2.05) is 19.1 Å². The molecule has 1 aromatic rings. The van der Waals surface area contributed by atoms with Gasteiger partial charge >= 0.3 is 0 Å². The van der Waals surface area contributed by atoms with Gasteiger partial charge in [-0.25, -0.2) is 0 Å². The monoisotopic (exact) mass is 393 g/mol. The van der Waals surface area contributed by atoms with E-state index >= 15 is 0 Å². The molecule has 0 bridgehead atoms. The second kappa shape index (κ2) is 7.48. The van der Waals surface area contributed by atoms with Crippen LogP contribution in [-0.2, 0) is 14.3 Å². The van der Waals surface area contributed by atoms with Gasteiger partial charge in [-0.3, -0.25) is 14.5 Å². The van der Waals surface area contributed by atoms with Crippen LogP contribution in [0.25, 0.3) is 0 Å². The van der Waals surface area contributed by atoms with Gasteiger partial charge in [-0.2, -0.15) is 0 Å². The molecular weight excluding hydrogens is 366 g/mol. The Morgan fingerprint density at radius 1 is 1.41 bits per heavy atom. The summed E-state index contributed by atoms with van der Waals surface area (Å²) in [6.45, 7) is 7.44. The second-order valence-electron chi connectivity index (χ2n) is 7.62. The molecule has 4 heterocycles. The number of hydrogen-bond acceptors (Lipinski definition) is 6. The van der Waals surface area contributed by atoms with E-state index in [0.717, 1.165) is 31.0 Å². The number of rotatable bonds is 5. The van der Waals surface area contributed by atoms with Gasteiger partial charge in [0.05, 0.1) is 24.1 Å². The van der Waals surface area contributed by atoms with Crippen molar-refractivity contribution in [2.24, 2.45) is 0 Å². The van der Waals surface area contributed by atoms with Crippen LogP contribution in [0.5, 0.6) is 0 Å². The third-order valence-electron chi connectivity index (χ3n) is 5.79. The van der Waals surface area contributed by atoms with Crippen LogP contribution < -0.4 is 5.32 Å². The van der Waals surface area contributed by atoms with E-state index in [2.05, 4.69) is 17.1 Å². The van der Waals surface area contributed by atoms with Crippen molar-refractivity contribution < 1.29 is 18.7 Å². The number of ether oxygens (including phenoxy) is 1. The average molecular weight is 394 g/mol. The van der Waals surface area contributed by atoms with Crippen LogP contribution in [0.15, 0.2) is 16.5 Å². The van der Waals surface area contributed by atoms with Gasteiger partial charge < -0.3 is 19.4 Å². The van der Waals surface area contributed by atoms with Crippen molar-refractivity contribution in [2.75, 3.05) is 38.6 Å². The summed E-state index contributed by atoms with van der Waals surface area (Å²) >= 11 is 1.72. The van der Waals surface area contributed by atoms with Gasteiger partial charge in [-0.15, -0.1) is 11.8 Å². The number of thioether (sulfide) groups is 1. The molecule has 0 aliphatic carbocycles. The number of carbonyl (C=O) groups excluding carboxylic acids is 2. The van der Waals surface area contributed by atoms with Crippen LogP contribution in [0.1, 0.15) is 37.3 Å². The summed E-state index contributed by atoms with van der Waals surface area (Å²) in [6.07, 6.45) is 1.36. The summed E-state index contributed by atoms with van der Waals surface area (Å²) in [5, 5.41) is 3.09. The van der Waals surface area contributed by atoms with Gasteiger partial charge in [0.25, 0.3) is 0 Å². The van der Waals surface area contributed by atoms with Gasteiger partial charge in [-0.1, -0.05) is 0 Å². The molecular formula is C19H27N3O4S. The number of nitrogens with one attached hydrogen (secondary N) is 1. The molecule has 0 saturated carbocycles. The molecule has 3 saturated heterocycles. The Morgan fingerprint density at radius 3 is 2.89 bits per heavy atom. The number of nitrogens with zero attached hydrogens (tertiary/aromatic N) is 2. The van der Waals surface area contributed by atoms with Gasteiger partial charge in [0.2, 0.25) is 11.8 Å². The molecule has 8 heteroatoms. The first-order valence-electron chi connectivity index (χ1n) is 9.60. The number of fused-ring (bicyclic) bond motifs is 1. The third kappa shape index (κ3) is 3.62. The van der Waals surface area contributed by atoms with Crippen molar-refractivity contribution >= 4 is 23.6 Å². The fourth-order valence-corrected chi connectivity index (χ4v) is 5.69. The molecule has 4 rings (SSSR count). The molecule has 0 spiro atoms. The van der Waals surface area contributed by atoms with E-state index in [1.165, 1.54) is 0 Å². The molecule has 0 aromatic carbocycles. The second-order valence-corrected chi connectivity index (χ2v) is 9.12. The lowest BCUT2D eigenvalue weighted by atomic mass is 10.1. The van der Waals surface area contributed by atoms with E-state index in [-0.39, 0.29) is 28.8 Å². The molecule has 3 atom stereocenters. The van der Waals surface area contributed by atoms with Crippen molar-refractivity contribution in [3.63, 3.8) is 0 Å². The van der Waals surface area contributed by atoms with Crippen molar-refractivity contribution in [3.8, 4) is 0 Å². The predicted octanol–water partition coefficient (Wildman–Crippen LogP) is 1.53. The van der Waals surface area contributed by atoms with Crippen LogP contribution in [0.4, 0.5) is 0 Å². The molecule has 3 aliphatic rings. The first kappa shape index (κ1) is 18.8. The van der Waals surface area contributed by atoms with Crippen molar-refractivity contribution in [3.05, 3.63) is 23.7 Å². The van der Waals surface area contributed by atoms with Crippen LogP contribution in [0.3, 0.4) is 0 Å². The summed E-state index contributed by atoms with van der Waals surface area (Å²) in [5.41, 5.74) is 0. The lowest BCUT2D eigenvalue weighted by molar-refractivity contribution is -0.138. The number of aryl methyl sites for hydroxylation is 1.